The minimum Gasteiger partial charge on any atom is -0.352 e. The molecular weight excluding hydrogens is 228 g/mol. The number of carbonyl (C=O) groups is 2. The average Bonchev–Trinajstić information content (AvgIpc) is 2.30. The highest BCUT2D eigenvalue weighted by Crippen LogP contribution is 2.23. The number of nitrogens with one attached hydrogen (secondary N) is 2. The number of carbonyl (C=O) groups excluding carboxylic acids is 2. The van der Waals surface area contributed by atoms with E-state index in [1.807, 2.05) is 0 Å². The topological polar surface area (TPSA) is 58.2 Å². The van der Waals surface area contributed by atoms with Crippen molar-refractivity contribution in [3.05, 3.63) is 29.3 Å². The smallest absolute Gasteiger partial charge is 0.251 e. The Hall–Kier alpha value is -1.55. The fourth-order valence-electron chi connectivity index (χ4n) is 1.77. The predicted molar refractivity (Wildman–Crippen MR) is 61.8 cm³/mol. The summed E-state index contributed by atoms with van der Waals surface area (Å²) >= 11 is 5.42. The first-order chi connectivity index (χ1) is 7.72. The Labute approximate surface area is 98.0 Å². The lowest BCUT2D eigenvalue weighted by atomic mass is 9.98. The summed E-state index contributed by atoms with van der Waals surface area (Å²) in [4.78, 5) is 22.7. The maximum atomic E-state index is 11.5. The highest BCUT2D eigenvalue weighted by molar-refractivity contribution is 6.29. The van der Waals surface area contributed by atoms with E-state index in [2.05, 4.69) is 10.6 Å². The third kappa shape index (κ3) is 2.02. The summed E-state index contributed by atoms with van der Waals surface area (Å²) in [5, 5.41) is 5.44. The minimum atomic E-state index is -0.263. The van der Waals surface area contributed by atoms with Crippen LogP contribution in [0.5, 0.6) is 0 Å². The fourth-order valence-corrected chi connectivity index (χ4v) is 1.83. The van der Waals surface area contributed by atoms with Gasteiger partial charge in [-0.25, -0.2) is 0 Å². The van der Waals surface area contributed by atoms with E-state index in [0.29, 0.717) is 17.8 Å². The molecule has 0 aliphatic carbocycles. The van der Waals surface area contributed by atoms with E-state index in [1.54, 1.807) is 18.2 Å². The molecule has 0 saturated carbocycles. The summed E-state index contributed by atoms with van der Waals surface area (Å²) < 4.78 is 0. The summed E-state index contributed by atoms with van der Waals surface area (Å²) in [5.41, 5.74) is 2.18. The van der Waals surface area contributed by atoms with Gasteiger partial charge in [-0.05, 0) is 24.1 Å². The number of benzene rings is 1. The molecule has 0 aromatic heterocycles. The van der Waals surface area contributed by atoms with E-state index in [9.17, 15) is 9.59 Å². The van der Waals surface area contributed by atoms with Crippen molar-refractivity contribution >= 4 is 29.1 Å². The number of alkyl halides is 1. The van der Waals surface area contributed by atoms with Crippen molar-refractivity contribution in [3.8, 4) is 0 Å². The summed E-state index contributed by atoms with van der Waals surface area (Å²) in [6.07, 6.45) is 0.722. The summed E-state index contributed by atoms with van der Waals surface area (Å²) in [7, 11) is 0. The molecule has 0 atom stereocenters. The lowest BCUT2D eigenvalue weighted by Gasteiger charge is -2.19. The summed E-state index contributed by atoms with van der Waals surface area (Å²) in [5.74, 6) is -0.445. The zero-order valence-corrected chi connectivity index (χ0v) is 9.30. The van der Waals surface area contributed by atoms with E-state index in [4.69, 9.17) is 11.6 Å². The quantitative estimate of drug-likeness (QED) is 0.760. The zero-order chi connectivity index (χ0) is 11.5. The molecule has 0 unspecified atom stereocenters. The van der Waals surface area contributed by atoms with Gasteiger partial charge in [0, 0.05) is 17.8 Å². The number of amides is 2. The van der Waals surface area contributed by atoms with Crippen LogP contribution < -0.4 is 10.6 Å². The first kappa shape index (κ1) is 11.0. The molecule has 1 aliphatic rings. The standard InChI is InChI=1S/C11H11ClN2O2/c12-6-10(15)14-9-3-1-2-8-7(9)4-5-13-11(8)16/h1-3H,4-6H2,(H,13,16)(H,14,15). The van der Waals surface area contributed by atoms with Gasteiger partial charge in [-0.2, -0.15) is 0 Å². The molecule has 0 saturated heterocycles. The Morgan fingerprint density at radius 3 is 3.06 bits per heavy atom. The second-order valence-corrected chi connectivity index (χ2v) is 3.79. The normalized spacial score (nSPS) is 13.9. The highest BCUT2D eigenvalue weighted by Gasteiger charge is 2.19. The number of hydrogen-bond acceptors (Lipinski definition) is 2. The maximum absolute atomic E-state index is 11.5. The molecule has 1 aromatic rings. The second kappa shape index (κ2) is 4.53. The van der Waals surface area contributed by atoms with Crippen LogP contribution in [0.4, 0.5) is 5.69 Å². The summed E-state index contributed by atoms with van der Waals surface area (Å²) in [6, 6.07) is 5.27. The highest BCUT2D eigenvalue weighted by atomic mass is 35.5. The van der Waals surface area contributed by atoms with Gasteiger partial charge < -0.3 is 10.6 Å². The van der Waals surface area contributed by atoms with Gasteiger partial charge in [-0.3, -0.25) is 9.59 Å². The Morgan fingerprint density at radius 1 is 1.50 bits per heavy atom. The molecule has 84 valence electrons. The average molecular weight is 239 g/mol. The van der Waals surface area contributed by atoms with Gasteiger partial charge >= 0.3 is 0 Å². The Balaban J connectivity index is 2.36. The molecule has 2 N–H and O–H groups in total. The van der Waals surface area contributed by atoms with Gasteiger partial charge in [0.1, 0.15) is 5.88 Å². The number of anilines is 1. The molecule has 4 nitrogen and oxygen atoms in total. The van der Waals surface area contributed by atoms with E-state index in [1.165, 1.54) is 0 Å². The van der Waals surface area contributed by atoms with Crippen LogP contribution in [0.2, 0.25) is 0 Å². The van der Waals surface area contributed by atoms with Crippen molar-refractivity contribution < 1.29 is 9.59 Å². The number of halogens is 1. The van der Waals surface area contributed by atoms with Crippen molar-refractivity contribution in [3.63, 3.8) is 0 Å². The minimum absolute atomic E-state index is 0.0874. The van der Waals surface area contributed by atoms with Crippen LogP contribution in [0.15, 0.2) is 18.2 Å². The maximum Gasteiger partial charge on any atom is 0.251 e. The molecule has 2 rings (SSSR count). The van der Waals surface area contributed by atoms with Crippen LogP contribution in [-0.4, -0.2) is 24.2 Å². The van der Waals surface area contributed by atoms with E-state index < -0.39 is 0 Å². The van der Waals surface area contributed by atoms with Crippen LogP contribution >= 0.6 is 11.6 Å². The van der Waals surface area contributed by atoms with Gasteiger partial charge in [0.25, 0.3) is 5.91 Å². The molecule has 1 aromatic carbocycles. The van der Waals surface area contributed by atoms with Crippen LogP contribution in [0, 0.1) is 0 Å². The van der Waals surface area contributed by atoms with Gasteiger partial charge in [-0.15, -0.1) is 11.6 Å². The third-order valence-electron chi connectivity index (χ3n) is 2.48. The van der Waals surface area contributed by atoms with Crippen LogP contribution in [-0.2, 0) is 11.2 Å². The molecule has 0 fully saturated rings. The largest absolute Gasteiger partial charge is 0.352 e. The lowest BCUT2D eigenvalue weighted by molar-refractivity contribution is -0.113. The van der Waals surface area contributed by atoms with Gasteiger partial charge in [0.15, 0.2) is 0 Å². The van der Waals surface area contributed by atoms with Crippen molar-refractivity contribution in [2.75, 3.05) is 17.7 Å². The van der Waals surface area contributed by atoms with Crippen molar-refractivity contribution in [1.82, 2.24) is 5.32 Å². The monoisotopic (exact) mass is 238 g/mol. The number of hydrogen-bond donors (Lipinski definition) is 2. The van der Waals surface area contributed by atoms with Gasteiger partial charge in [0.2, 0.25) is 5.91 Å². The van der Waals surface area contributed by atoms with Gasteiger partial charge in [-0.1, -0.05) is 6.07 Å². The Bertz CT molecular complexity index is 446. The van der Waals surface area contributed by atoms with Crippen LogP contribution in [0.25, 0.3) is 0 Å². The van der Waals surface area contributed by atoms with E-state index in [-0.39, 0.29) is 17.7 Å². The van der Waals surface area contributed by atoms with Crippen molar-refractivity contribution in [2.45, 2.75) is 6.42 Å². The lowest BCUT2D eigenvalue weighted by Crippen LogP contribution is -2.32. The zero-order valence-electron chi connectivity index (χ0n) is 8.55. The Kier molecular flexibility index (Phi) is 3.10. The van der Waals surface area contributed by atoms with E-state index in [0.717, 1.165) is 12.0 Å². The predicted octanol–water partition coefficient (Wildman–Crippen LogP) is 1.15. The Morgan fingerprint density at radius 2 is 2.31 bits per heavy atom. The number of rotatable bonds is 2. The molecule has 5 heteroatoms. The molecule has 1 aliphatic heterocycles. The molecule has 0 spiro atoms. The molecular formula is C11H11ClN2O2. The van der Waals surface area contributed by atoms with Crippen molar-refractivity contribution in [2.24, 2.45) is 0 Å². The van der Waals surface area contributed by atoms with Crippen molar-refractivity contribution in [1.29, 1.82) is 0 Å². The third-order valence-corrected chi connectivity index (χ3v) is 2.72. The van der Waals surface area contributed by atoms with E-state index >= 15 is 0 Å². The molecule has 0 bridgehead atoms. The van der Waals surface area contributed by atoms with Crippen LogP contribution in [0.1, 0.15) is 15.9 Å². The second-order valence-electron chi connectivity index (χ2n) is 3.52. The molecule has 0 radical (unpaired) electrons. The van der Waals surface area contributed by atoms with Gasteiger partial charge in [0.05, 0.1) is 0 Å². The molecule has 16 heavy (non-hydrogen) atoms. The first-order valence-electron chi connectivity index (χ1n) is 4.98. The SMILES string of the molecule is O=C(CCl)Nc1cccc2c1CCNC2=O. The first-order valence-corrected chi connectivity index (χ1v) is 5.51. The summed E-state index contributed by atoms with van der Waals surface area (Å²) in [6.45, 7) is 0.597. The number of fused-ring (bicyclic) bond motifs is 1. The van der Waals surface area contributed by atoms with Crippen LogP contribution in [0.3, 0.4) is 0 Å². The molecule has 1 heterocycles. The molecule has 2 amide bonds. The fraction of sp³-hybridized carbons (Fsp3) is 0.273.